The van der Waals surface area contributed by atoms with Crippen molar-refractivity contribution in [3.63, 3.8) is 0 Å². The van der Waals surface area contributed by atoms with Crippen LogP contribution in [0, 0.1) is 6.92 Å². The van der Waals surface area contributed by atoms with Crippen molar-refractivity contribution in [2.75, 3.05) is 13.1 Å². The van der Waals surface area contributed by atoms with E-state index >= 15 is 0 Å². The molecule has 3 rings (SSSR count). The Morgan fingerprint density at radius 3 is 3.06 bits per heavy atom. The average molecular weight is 308 g/mol. The minimum atomic E-state index is 1.03. The molecule has 0 N–H and O–H groups in total. The normalized spacial score (nSPS) is 16.2. The van der Waals surface area contributed by atoms with Gasteiger partial charge in [0, 0.05) is 30.2 Å². The van der Waals surface area contributed by atoms with Crippen LogP contribution in [0.2, 0.25) is 0 Å². The van der Waals surface area contributed by atoms with Gasteiger partial charge < -0.3 is 4.40 Å². The first kappa shape index (κ1) is 12.2. The van der Waals surface area contributed by atoms with Gasteiger partial charge in [-0.25, -0.2) is 4.98 Å². The molecule has 0 saturated carbocycles. The van der Waals surface area contributed by atoms with Gasteiger partial charge in [0.05, 0.1) is 11.4 Å². The first-order chi connectivity index (χ1) is 8.69. The van der Waals surface area contributed by atoms with Crippen LogP contribution in [-0.4, -0.2) is 27.4 Å². The van der Waals surface area contributed by atoms with Crippen molar-refractivity contribution in [1.29, 1.82) is 0 Å². The number of nitrogens with zero attached hydrogens (tertiary/aromatic N) is 3. The maximum Gasteiger partial charge on any atom is 0.140 e. The molecule has 0 aliphatic carbocycles. The number of halogens is 1. The van der Waals surface area contributed by atoms with Gasteiger partial charge in [-0.05, 0) is 47.4 Å². The predicted molar refractivity (Wildman–Crippen MR) is 76.9 cm³/mol. The Morgan fingerprint density at radius 2 is 2.28 bits per heavy atom. The molecule has 0 amide bonds. The summed E-state index contributed by atoms with van der Waals surface area (Å²) in [5, 5.41) is 0. The van der Waals surface area contributed by atoms with E-state index in [1.54, 1.807) is 0 Å². The molecule has 0 saturated heterocycles. The van der Waals surface area contributed by atoms with Gasteiger partial charge in [0.1, 0.15) is 5.65 Å². The van der Waals surface area contributed by atoms with Gasteiger partial charge in [0.15, 0.2) is 0 Å². The second-order valence-corrected chi connectivity index (χ2v) is 5.98. The smallest absolute Gasteiger partial charge is 0.140 e. The molecular weight excluding hydrogens is 290 g/mol. The molecule has 0 aromatic carbocycles. The highest BCUT2D eigenvalue weighted by molar-refractivity contribution is 9.10. The zero-order valence-corrected chi connectivity index (χ0v) is 12.5. The zero-order valence-electron chi connectivity index (χ0n) is 10.9. The van der Waals surface area contributed by atoms with Crippen LogP contribution < -0.4 is 0 Å². The van der Waals surface area contributed by atoms with E-state index in [-0.39, 0.29) is 0 Å². The molecule has 0 radical (unpaired) electrons. The topological polar surface area (TPSA) is 20.5 Å². The average Bonchev–Trinajstić information content (AvgIpc) is 2.68. The van der Waals surface area contributed by atoms with Crippen molar-refractivity contribution in [3.8, 4) is 0 Å². The molecule has 2 aromatic heterocycles. The van der Waals surface area contributed by atoms with E-state index in [1.807, 2.05) is 0 Å². The molecule has 3 heterocycles. The molecule has 0 spiro atoms. The second kappa shape index (κ2) is 4.67. The highest BCUT2D eigenvalue weighted by atomic mass is 79.9. The van der Waals surface area contributed by atoms with Gasteiger partial charge in [-0.3, -0.25) is 4.90 Å². The number of imidazole rings is 1. The standard InChI is InChI=1S/C14H18BrN3/c1-3-5-17-6-4-12-13(9-17)18-8-11(15)7-10(2)14(18)16-12/h7-8H,3-6,9H2,1-2H3. The number of rotatable bonds is 2. The Bertz CT molecular complexity index is 588. The molecular formula is C14H18BrN3. The van der Waals surface area contributed by atoms with Crippen LogP contribution in [0.5, 0.6) is 0 Å². The monoisotopic (exact) mass is 307 g/mol. The fourth-order valence-electron chi connectivity index (χ4n) is 2.79. The first-order valence-corrected chi connectivity index (χ1v) is 7.36. The van der Waals surface area contributed by atoms with Crippen LogP contribution in [0.15, 0.2) is 16.7 Å². The van der Waals surface area contributed by atoms with Crippen LogP contribution in [0.3, 0.4) is 0 Å². The molecule has 0 atom stereocenters. The molecule has 18 heavy (non-hydrogen) atoms. The van der Waals surface area contributed by atoms with Crippen molar-refractivity contribution in [3.05, 3.63) is 33.7 Å². The molecule has 0 fully saturated rings. The van der Waals surface area contributed by atoms with Crippen molar-refractivity contribution in [2.45, 2.75) is 33.2 Å². The van der Waals surface area contributed by atoms with E-state index < -0.39 is 0 Å². The quantitative estimate of drug-likeness (QED) is 0.849. The van der Waals surface area contributed by atoms with Crippen molar-refractivity contribution < 1.29 is 0 Å². The maximum atomic E-state index is 4.80. The van der Waals surface area contributed by atoms with E-state index in [2.05, 4.69) is 51.3 Å². The van der Waals surface area contributed by atoms with E-state index in [1.165, 1.54) is 29.9 Å². The minimum absolute atomic E-state index is 1.03. The lowest BCUT2D eigenvalue weighted by molar-refractivity contribution is 0.249. The largest absolute Gasteiger partial charge is 0.301 e. The second-order valence-electron chi connectivity index (χ2n) is 5.07. The first-order valence-electron chi connectivity index (χ1n) is 6.57. The Balaban J connectivity index is 2.09. The van der Waals surface area contributed by atoms with E-state index in [9.17, 15) is 0 Å². The van der Waals surface area contributed by atoms with Crippen molar-refractivity contribution in [2.24, 2.45) is 0 Å². The number of fused-ring (bicyclic) bond motifs is 3. The summed E-state index contributed by atoms with van der Waals surface area (Å²) in [5.74, 6) is 0. The van der Waals surface area contributed by atoms with Gasteiger partial charge in [-0.1, -0.05) is 6.92 Å². The third-order valence-corrected chi connectivity index (χ3v) is 4.06. The van der Waals surface area contributed by atoms with Gasteiger partial charge in [-0.15, -0.1) is 0 Å². The van der Waals surface area contributed by atoms with E-state index in [0.29, 0.717) is 0 Å². The molecule has 1 aliphatic rings. The van der Waals surface area contributed by atoms with Gasteiger partial charge in [0.2, 0.25) is 0 Å². The van der Waals surface area contributed by atoms with Crippen molar-refractivity contribution >= 4 is 21.6 Å². The molecule has 0 bridgehead atoms. The summed E-state index contributed by atoms with van der Waals surface area (Å²) in [6.07, 6.45) is 4.44. The Hall–Kier alpha value is -0.870. The summed E-state index contributed by atoms with van der Waals surface area (Å²) in [7, 11) is 0. The Morgan fingerprint density at radius 1 is 1.44 bits per heavy atom. The fraction of sp³-hybridized carbons (Fsp3) is 0.500. The fourth-order valence-corrected chi connectivity index (χ4v) is 3.34. The summed E-state index contributed by atoms with van der Waals surface area (Å²) >= 11 is 3.58. The zero-order chi connectivity index (χ0) is 12.7. The maximum absolute atomic E-state index is 4.80. The molecule has 96 valence electrons. The van der Waals surface area contributed by atoms with Gasteiger partial charge in [-0.2, -0.15) is 0 Å². The summed E-state index contributed by atoms with van der Waals surface area (Å²) < 4.78 is 3.39. The lowest BCUT2D eigenvalue weighted by atomic mass is 10.1. The molecule has 3 nitrogen and oxygen atoms in total. The molecule has 1 aliphatic heterocycles. The predicted octanol–water partition coefficient (Wildman–Crippen LogP) is 3.17. The van der Waals surface area contributed by atoms with Crippen LogP contribution >= 0.6 is 15.9 Å². The number of hydrogen-bond acceptors (Lipinski definition) is 2. The molecule has 4 heteroatoms. The highest BCUT2D eigenvalue weighted by Crippen LogP contribution is 2.24. The van der Waals surface area contributed by atoms with Crippen molar-refractivity contribution in [1.82, 2.24) is 14.3 Å². The Kier molecular flexibility index (Phi) is 3.16. The summed E-state index contributed by atoms with van der Waals surface area (Å²) in [5.41, 5.74) is 5.00. The van der Waals surface area contributed by atoms with Crippen LogP contribution in [0.1, 0.15) is 30.3 Å². The lowest BCUT2D eigenvalue weighted by Gasteiger charge is -2.25. The highest BCUT2D eigenvalue weighted by Gasteiger charge is 2.21. The third-order valence-electron chi connectivity index (χ3n) is 3.63. The minimum Gasteiger partial charge on any atom is -0.301 e. The van der Waals surface area contributed by atoms with Crippen LogP contribution in [-0.2, 0) is 13.0 Å². The summed E-state index contributed by atoms with van der Waals surface area (Å²) in [4.78, 5) is 7.32. The molecule has 0 unspecified atom stereocenters. The number of hydrogen-bond donors (Lipinski definition) is 0. The number of pyridine rings is 1. The Labute approximate surface area is 116 Å². The van der Waals surface area contributed by atoms with Gasteiger partial charge in [0.25, 0.3) is 0 Å². The van der Waals surface area contributed by atoms with E-state index in [4.69, 9.17) is 4.98 Å². The van der Waals surface area contributed by atoms with E-state index in [0.717, 1.165) is 29.6 Å². The number of aryl methyl sites for hydroxylation is 1. The SMILES string of the molecule is CCCN1CCc2nc3c(C)cc(Br)cn3c2C1. The van der Waals surface area contributed by atoms with Crippen LogP contribution in [0.4, 0.5) is 0 Å². The number of aromatic nitrogens is 2. The third kappa shape index (κ3) is 1.97. The summed E-state index contributed by atoms with van der Waals surface area (Å²) in [6.45, 7) is 7.72. The summed E-state index contributed by atoms with van der Waals surface area (Å²) in [6, 6.07) is 2.14. The van der Waals surface area contributed by atoms with Gasteiger partial charge >= 0.3 is 0 Å². The molecule has 2 aromatic rings. The van der Waals surface area contributed by atoms with Crippen LogP contribution in [0.25, 0.3) is 5.65 Å². The lowest BCUT2D eigenvalue weighted by Crippen LogP contribution is -2.31.